The van der Waals surface area contributed by atoms with Crippen LogP contribution in [0.3, 0.4) is 0 Å². The second kappa shape index (κ2) is 10.3. The number of halogens is 3. The molecule has 1 atom stereocenters. The van der Waals surface area contributed by atoms with Gasteiger partial charge >= 0.3 is 12.2 Å². The zero-order chi connectivity index (χ0) is 21.4. The number of piperazine rings is 1. The van der Waals surface area contributed by atoms with Crippen molar-refractivity contribution in [3.8, 4) is 5.75 Å². The van der Waals surface area contributed by atoms with Crippen LogP contribution in [0.4, 0.5) is 23.7 Å². The van der Waals surface area contributed by atoms with Gasteiger partial charge in [0.15, 0.2) is 6.61 Å². The van der Waals surface area contributed by atoms with E-state index >= 15 is 0 Å². The Hall–Kier alpha value is -2.49. The Morgan fingerprint density at radius 2 is 1.76 bits per heavy atom. The third-order valence-electron chi connectivity index (χ3n) is 4.55. The lowest BCUT2D eigenvalue weighted by molar-refractivity contribution is -0.153. The maximum Gasteiger partial charge on any atom is 0.422 e. The largest absolute Gasteiger partial charge is 0.484 e. The van der Waals surface area contributed by atoms with Gasteiger partial charge in [-0.3, -0.25) is 9.69 Å². The number of nitrogens with one attached hydrogen (secondary N) is 2. The van der Waals surface area contributed by atoms with Crippen LogP contribution in [0.25, 0.3) is 0 Å². The van der Waals surface area contributed by atoms with Gasteiger partial charge in [0.25, 0.3) is 0 Å². The Kier molecular flexibility index (Phi) is 8.12. The molecule has 1 heterocycles. The highest BCUT2D eigenvalue weighted by molar-refractivity contribution is 5.89. The number of urea groups is 1. The monoisotopic (exact) mass is 416 g/mol. The van der Waals surface area contributed by atoms with Crippen LogP contribution >= 0.6 is 0 Å². The highest BCUT2D eigenvalue weighted by Crippen LogP contribution is 2.20. The summed E-state index contributed by atoms with van der Waals surface area (Å²) in [6.07, 6.45) is -3.53. The fourth-order valence-electron chi connectivity index (χ4n) is 2.74. The van der Waals surface area contributed by atoms with Crippen LogP contribution in [0, 0.1) is 0 Å². The second-order valence-electron chi connectivity index (χ2n) is 7.00. The van der Waals surface area contributed by atoms with Crippen LogP contribution in [0.5, 0.6) is 5.75 Å². The quantitative estimate of drug-likeness (QED) is 0.717. The van der Waals surface area contributed by atoms with E-state index in [0.29, 0.717) is 38.4 Å². The van der Waals surface area contributed by atoms with Gasteiger partial charge in [0, 0.05) is 37.9 Å². The standard InChI is InChI=1S/C19H27F3N4O3/c1-3-14(2)23-17(27)12-25-8-10-26(11-9-25)18(28)24-15-4-6-16(7-5-15)29-13-19(20,21)22/h4-7,14H,3,8-13H2,1-2H3,(H,23,27)(H,24,28)/t14-/m0/s1. The zero-order valence-corrected chi connectivity index (χ0v) is 16.6. The van der Waals surface area contributed by atoms with Crippen LogP contribution < -0.4 is 15.4 Å². The molecule has 0 unspecified atom stereocenters. The van der Waals surface area contributed by atoms with Crippen molar-refractivity contribution in [1.82, 2.24) is 15.1 Å². The fourth-order valence-corrected chi connectivity index (χ4v) is 2.74. The third kappa shape index (κ3) is 8.18. The van der Waals surface area contributed by atoms with E-state index in [1.54, 1.807) is 4.90 Å². The van der Waals surface area contributed by atoms with E-state index in [9.17, 15) is 22.8 Å². The molecule has 0 bridgehead atoms. The molecule has 1 fully saturated rings. The van der Waals surface area contributed by atoms with Crippen LogP contribution in [0.1, 0.15) is 20.3 Å². The smallest absolute Gasteiger partial charge is 0.422 e. The molecule has 0 aliphatic carbocycles. The fraction of sp³-hybridized carbons (Fsp3) is 0.579. The molecule has 0 radical (unpaired) electrons. The van der Waals surface area contributed by atoms with Gasteiger partial charge in [-0.25, -0.2) is 4.79 Å². The minimum Gasteiger partial charge on any atom is -0.484 e. The molecule has 2 rings (SSSR count). The first kappa shape index (κ1) is 22.8. The topological polar surface area (TPSA) is 73.9 Å². The summed E-state index contributed by atoms with van der Waals surface area (Å²) in [4.78, 5) is 27.9. The molecule has 3 amide bonds. The number of rotatable bonds is 7. The number of alkyl halides is 3. The van der Waals surface area contributed by atoms with E-state index in [4.69, 9.17) is 0 Å². The number of anilines is 1. The Bertz CT molecular complexity index is 674. The van der Waals surface area contributed by atoms with Crippen molar-refractivity contribution in [3.63, 3.8) is 0 Å². The Balaban J connectivity index is 1.74. The van der Waals surface area contributed by atoms with Crippen molar-refractivity contribution in [2.75, 3.05) is 44.6 Å². The van der Waals surface area contributed by atoms with Crippen molar-refractivity contribution < 1.29 is 27.5 Å². The number of amides is 3. The minimum absolute atomic E-state index is 0.0231. The van der Waals surface area contributed by atoms with Gasteiger partial charge in [-0.1, -0.05) is 6.92 Å². The molecule has 1 aliphatic heterocycles. The normalized spacial score (nSPS) is 16.2. The molecule has 162 valence electrons. The summed E-state index contributed by atoms with van der Waals surface area (Å²) in [7, 11) is 0. The van der Waals surface area contributed by atoms with E-state index in [-0.39, 0.29) is 23.7 Å². The van der Waals surface area contributed by atoms with Crippen LogP contribution in [-0.2, 0) is 4.79 Å². The highest BCUT2D eigenvalue weighted by atomic mass is 19.4. The third-order valence-corrected chi connectivity index (χ3v) is 4.55. The number of nitrogens with zero attached hydrogens (tertiary/aromatic N) is 2. The second-order valence-corrected chi connectivity index (χ2v) is 7.00. The van der Waals surface area contributed by atoms with E-state index in [0.717, 1.165) is 6.42 Å². The lowest BCUT2D eigenvalue weighted by Gasteiger charge is -2.34. The van der Waals surface area contributed by atoms with Gasteiger partial charge in [-0.15, -0.1) is 0 Å². The van der Waals surface area contributed by atoms with Crippen molar-refractivity contribution in [3.05, 3.63) is 24.3 Å². The Morgan fingerprint density at radius 3 is 2.31 bits per heavy atom. The number of carbonyl (C=O) groups is 2. The first-order valence-corrected chi connectivity index (χ1v) is 9.53. The van der Waals surface area contributed by atoms with Gasteiger partial charge in [0.05, 0.1) is 6.54 Å². The van der Waals surface area contributed by atoms with Crippen molar-refractivity contribution >= 4 is 17.6 Å². The van der Waals surface area contributed by atoms with Crippen molar-refractivity contribution in [2.24, 2.45) is 0 Å². The van der Waals surface area contributed by atoms with Crippen LogP contribution in [-0.4, -0.2) is 73.3 Å². The summed E-state index contributed by atoms with van der Waals surface area (Å²) >= 11 is 0. The van der Waals surface area contributed by atoms with E-state index in [1.165, 1.54) is 24.3 Å². The summed E-state index contributed by atoms with van der Waals surface area (Å²) in [6.45, 7) is 5.04. The van der Waals surface area contributed by atoms with E-state index in [2.05, 4.69) is 15.4 Å². The van der Waals surface area contributed by atoms with E-state index in [1.807, 2.05) is 18.7 Å². The lowest BCUT2D eigenvalue weighted by Crippen LogP contribution is -2.52. The van der Waals surface area contributed by atoms with Gasteiger partial charge in [0.1, 0.15) is 5.75 Å². The lowest BCUT2D eigenvalue weighted by atomic mass is 10.2. The predicted octanol–water partition coefficient (Wildman–Crippen LogP) is 2.69. The summed E-state index contributed by atoms with van der Waals surface area (Å²) in [6, 6.07) is 5.56. The molecule has 0 aromatic heterocycles. The van der Waals surface area contributed by atoms with Gasteiger partial charge < -0.3 is 20.3 Å². The molecule has 29 heavy (non-hydrogen) atoms. The first-order chi connectivity index (χ1) is 13.7. The van der Waals surface area contributed by atoms with Gasteiger partial charge in [0.2, 0.25) is 5.91 Å². The summed E-state index contributed by atoms with van der Waals surface area (Å²) in [5.74, 6) is 0.0506. The molecule has 1 saturated heterocycles. The number of carbonyl (C=O) groups excluding carboxylic acids is 2. The van der Waals surface area contributed by atoms with E-state index < -0.39 is 12.8 Å². The Labute approximate surface area is 168 Å². The SMILES string of the molecule is CC[C@H](C)NC(=O)CN1CCN(C(=O)Nc2ccc(OCC(F)(F)F)cc2)CC1. The number of benzene rings is 1. The molecule has 1 aromatic rings. The average molecular weight is 416 g/mol. The van der Waals surface area contributed by atoms with Gasteiger partial charge in [-0.2, -0.15) is 13.2 Å². The highest BCUT2D eigenvalue weighted by Gasteiger charge is 2.28. The molecule has 1 aromatic carbocycles. The summed E-state index contributed by atoms with van der Waals surface area (Å²) < 4.78 is 41.1. The molecular weight excluding hydrogens is 389 g/mol. The van der Waals surface area contributed by atoms with Crippen LogP contribution in [0.15, 0.2) is 24.3 Å². The maximum absolute atomic E-state index is 12.4. The van der Waals surface area contributed by atoms with Crippen LogP contribution in [0.2, 0.25) is 0 Å². The number of ether oxygens (including phenoxy) is 1. The summed E-state index contributed by atoms with van der Waals surface area (Å²) in [5.41, 5.74) is 0.463. The molecule has 1 aliphatic rings. The van der Waals surface area contributed by atoms with Crippen molar-refractivity contribution in [1.29, 1.82) is 0 Å². The van der Waals surface area contributed by atoms with Crippen molar-refractivity contribution in [2.45, 2.75) is 32.5 Å². The maximum atomic E-state index is 12.4. The molecule has 2 N–H and O–H groups in total. The number of hydrogen-bond donors (Lipinski definition) is 2. The molecule has 0 spiro atoms. The number of hydrogen-bond acceptors (Lipinski definition) is 4. The van der Waals surface area contributed by atoms with Gasteiger partial charge in [-0.05, 0) is 37.6 Å². The summed E-state index contributed by atoms with van der Waals surface area (Å²) in [5, 5.41) is 5.63. The predicted molar refractivity (Wildman–Crippen MR) is 103 cm³/mol. The molecule has 7 nitrogen and oxygen atoms in total. The minimum atomic E-state index is -4.40. The average Bonchev–Trinajstić information content (AvgIpc) is 2.67. The molecule has 0 saturated carbocycles. The Morgan fingerprint density at radius 1 is 1.14 bits per heavy atom. The first-order valence-electron chi connectivity index (χ1n) is 9.53. The zero-order valence-electron chi connectivity index (χ0n) is 16.6. The molecule has 10 heteroatoms. The molecular formula is C19H27F3N4O3.